The predicted octanol–water partition coefficient (Wildman–Crippen LogP) is 6.04. The smallest absolute Gasteiger partial charge is 0.262 e. The van der Waals surface area contributed by atoms with Crippen molar-refractivity contribution in [3.05, 3.63) is 83.2 Å². The molecular formula is C28H30N2O4S2. The molecule has 36 heavy (non-hydrogen) atoms. The Labute approximate surface area is 216 Å². The summed E-state index contributed by atoms with van der Waals surface area (Å²) in [5, 5.41) is 3.71. The summed E-state index contributed by atoms with van der Waals surface area (Å²) in [4.78, 5) is 13.8. The van der Waals surface area contributed by atoms with E-state index in [9.17, 15) is 13.2 Å². The third-order valence-corrected chi connectivity index (χ3v) is 8.40. The highest BCUT2D eigenvalue weighted by Gasteiger charge is 2.22. The standard InChI is InChI=1S/C28H30N2O4S2/c1-28(2,3)20-10-13-22(14-11-20)36(32,33)30-21-12-15-24-23(18-21)25(19-8-6-5-7-9-19)26(35-24)27(31)29-16-17-34-4/h5-15,18,30H,16-17H2,1-4H3,(H,29,31). The van der Waals surface area contributed by atoms with Crippen molar-refractivity contribution in [3.8, 4) is 11.1 Å². The summed E-state index contributed by atoms with van der Waals surface area (Å²) in [7, 11) is -2.20. The van der Waals surface area contributed by atoms with Crippen molar-refractivity contribution in [1.29, 1.82) is 0 Å². The first-order chi connectivity index (χ1) is 17.1. The first-order valence-electron chi connectivity index (χ1n) is 11.6. The van der Waals surface area contributed by atoms with E-state index < -0.39 is 10.0 Å². The molecule has 0 unspecified atom stereocenters. The molecule has 6 nitrogen and oxygen atoms in total. The number of rotatable bonds is 8. The Kier molecular flexibility index (Phi) is 7.49. The second-order valence-electron chi connectivity index (χ2n) is 9.51. The van der Waals surface area contributed by atoms with Gasteiger partial charge in [-0.05, 0) is 46.9 Å². The molecule has 0 fully saturated rings. The van der Waals surface area contributed by atoms with Crippen molar-refractivity contribution in [2.45, 2.75) is 31.1 Å². The molecule has 4 rings (SSSR count). The summed E-state index contributed by atoms with van der Waals surface area (Å²) >= 11 is 1.38. The van der Waals surface area contributed by atoms with Gasteiger partial charge in [0.05, 0.1) is 11.5 Å². The molecule has 0 radical (unpaired) electrons. The van der Waals surface area contributed by atoms with Crippen LogP contribution in [0, 0.1) is 0 Å². The van der Waals surface area contributed by atoms with Gasteiger partial charge in [0.2, 0.25) is 0 Å². The van der Waals surface area contributed by atoms with Gasteiger partial charge in [0.15, 0.2) is 0 Å². The van der Waals surface area contributed by atoms with E-state index in [1.807, 2.05) is 48.5 Å². The Morgan fingerprint density at radius 2 is 1.67 bits per heavy atom. The minimum absolute atomic E-state index is 0.0683. The third kappa shape index (κ3) is 5.61. The number of thiophene rings is 1. The Balaban J connectivity index is 1.72. The highest BCUT2D eigenvalue weighted by Crippen LogP contribution is 2.40. The lowest BCUT2D eigenvalue weighted by Gasteiger charge is -2.19. The van der Waals surface area contributed by atoms with Crippen LogP contribution in [0.15, 0.2) is 77.7 Å². The molecule has 0 spiro atoms. The molecule has 8 heteroatoms. The van der Waals surface area contributed by atoms with E-state index in [0.29, 0.717) is 23.7 Å². The quantitative estimate of drug-likeness (QED) is 0.276. The van der Waals surface area contributed by atoms with Crippen molar-refractivity contribution in [3.63, 3.8) is 0 Å². The highest BCUT2D eigenvalue weighted by atomic mass is 32.2. The SMILES string of the molecule is COCCNC(=O)c1sc2ccc(NS(=O)(=O)c3ccc(C(C)(C)C)cc3)cc2c1-c1ccccc1. The van der Waals surface area contributed by atoms with Gasteiger partial charge in [-0.15, -0.1) is 11.3 Å². The number of methoxy groups -OCH3 is 1. The molecule has 3 aromatic carbocycles. The number of fused-ring (bicyclic) bond motifs is 1. The van der Waals surface area contributed by atoms with Crippen LogP contribution in [0.2, 0.25) is 0 Å². The molecule has 0 aliphatic carbocycles. The first-order valence-corrected chi connectivity index (χ1v) is 13.9. The Morgan fingerprint density at radius 1 is 0.972 bits per heavy atom. The molecule has 0 aliphatic rings. The van der Waals surface area contributed by atoms with Gasteiger partial charge in [0.1, 0.15) is 4.88 Å². The van der Waals surface area contributed by atoms with Gasteiger partial charge in [-0.1, -0.05) is 63.2 Å². The van der Waals surface area contributed by atoms with E-state index in [0.717, 1.165) is 26.8 Å². The fourth-order valence-corrected chi connectivity index (χ4v) is 6.08. The van der Waals surface area contributed by atoms with Crippen molar-refractivity contribution in [1.82, 2.24) is 5.32 Å². The largest absolute Gasteiger partial charge is 0.383 e. The number of sulfonamides is 1. The highest BCUT2D eigenvalue weighted by molar-refractivity contribution is 7.92. The van der Waals surface area contributed by atoms with Crippen LogP contribution >= 0.6 is 11.3 Å². The number of benzene rings is 3. The van der Waals surface area contributed by atoms with E-state index in [4.69, 9.17) is 4.74 Å². The van der Waals surface area contributed by atoms with Crippen LogP contribution in [0.4, 0.5) is 5.69 Å². The van der Waals surface area contributed by atoms with Gasteiger partial charge in [-0.3, -0.25) is 9.52 Å². The third-order valence-electron chi connectivity index (χ3n) is 5.83. The van der Waals surface area contributed by atoms with Crippen LogP contribution in [0.25, 0.3) is 21.2 Å². The van der Waals surface area contributed by atoms with Crippen LogP contribution in [0.1, 0.15) is 36.0 Å². The van der Waals surface area contributed by atoms with Crippen LogP contribution in [0.3, 0.4) is 0 Å². The lowest BCUT2D eigenvalue weighted by Crippen LogP contribution is -2.26. The van der Waals surface area contributed by atoms with Gasteiger partial charge in [-0.2, -0.15) is 0 Å². The minimum atomic E-state index is -3.79. The van der Waals surface area contributed by atoms with Gasteiger partial charge < -0.3 is 10.1 Å². The molecule has 2 N–H and O–H groups in total. The van der Waals surface area contributed by atoms with E-state index >= 15 is 0 Å². The number of anilines is 1. The topological polar surface area (TPSA) is 84.5 Å². The molecule has 1 heterocycles. The fraction of sp³-hybridized carbons (Fsp3) is 0.250. The van der Waals surface area contributed by atoms with Crippen LogP contribution in [0.5, 0.6) is 0 Å². The van der Waals surface area contributed by atoms with Gasteiger partial charge in [0, 0.05) is 35.0 Å². The summed E-state index contributed by atoms with van der Waals surface area (Å²) in [5.41, 5.74) is 3.09. The fourth-order valence-electron chi connectivity index (χ4n) is 3.91. The van der Waals surface area contributed by atoms with Gasteiger partial charge >= 0.3 is 0 Å². The van der Waals surface area contributed by atoms with Gasteiger partial charge in [0.25, 0.3) is 15.9 Å². The van der Waals surface area contributed by atoms with Crippen molar-refractivity contribution >= 4 is 43.0 Å². The number of carbonyl (C=O) groups is 1. The van der Waals surface area contributed by atoms with E-state index in [1.165, 1.54) is 11.3 Å². The van der Waals surface area contributed by atoms with Crippen LogP contribution in [-0.2, 0) is 20.2 Å². The van der Waals surface area contributed by atoms with Crippen LogP contribution < -0.4 is 10.0 Å². The Morgan fingerprint density at radius 3 is 2.31 bits per heavy atom. The molecule has 1 amide bonds. The number of hydrogen-bond donors (Lipinski definition) is 2. The maximum atomic E-state index is 13.1. The summed E-state index contributed by atoms with van der Waals surface area (Å²) in [6.07, 6.45) is 0. The maximum absolute atomic E-state index is 13.1. The molecule has 188 valence electrons. The summed E-state index contributed by atoms with van der Waals surface area (Å²) in [5.74, 6) is -0.187. The van der Waals surface area contributed by atoms with E-state index in [-0.39, 0.29) is 16.2 Å². The minimum Gasteiger partial charge on any atom is -0.383 e. The monoisotopic (exact) mass is 522 g/mol. The maximum Gasteiger partial charge on any atom is 0.262 e. The summed E-state index contributed by atoms with van der Waals surface area (Å²) < 4.78 is 34.9. The lowest BCUT2D eigenvalue weighted by atomic mass is 9.87. The Hall–Kier alpha value is -3.20. The zero-order valence-electron chi connectivity index (χ0n) is 20.8. The molecular weight excluding hydrogens is 492 g/mol. The molecule has 1 aromatic heterocycles. The van der Waals surface area contributed by atoms with E-state index in [1.54, 1.807) is 31.4 Å². The first kappa shape index (κ1) is 25.9. The second kappa shape index (κ2) is 10.4. The second-order valence-corrected chi connectivity index (χ2v) is 12.2. The van der Waals surface area contributed by atoms with Gasteiger partial charge in [-0.25, -0.2) is 8.42 Å². The van der Waals surface area contributed by atoms with Crippen molar-refractivity contribution < 1.29 is 17.9 Å². The normalized spacial score (nSPS) is 12.0. The van der Waals surface area contributed by atoms with E-state index in [2.05, 4.69) is 30.8 Å². The van der Waals surface area contributed by atoms with Crippen LogP contribution in [-0.4, -0.2) is 34.6 Å². The number of amides is 1. The summed E-state index contributed by atoms with van der Waals surface area (Å²) in [6.45, 7) is 7.07. The lowest BCUT2D eigenvalue weighted by molar-refractivity contribution is 0.0941. The molecule has 0 atom stereocenters. The molecule has 0 saturated heterocycles. The number of ether oxygens (including phenoxy) is 1. The average Bonchev–Trinajstić information content (AvgIpc) is 3.23. The van der Waals surface area contributed by atoms with Crippen molar-refractivity contribution in [2.24, 2.45) is 0 Å². The number of nitrogens with one attached hydrogen (secondary N) is 2. The summed E-state index contributed by atoms with van der Waals surface area (Å²) in [6, 6.07) is 22.0. The average molecular weight is 523 g/mol. The number of hydrogen-bond acceptors (Lipinski definition) is 5. The molecule has 0 saturated carbocycles. The molecule has 4 aromatic rings. The molecule has 0 bridgehead atoms. The van der Waals surface area contributed by atoms with Crippen molar-refractivity contribution in [2.75, 3.05) is 25.0 Å². The number of carbonyl (C=O) groups excluding carboxylic acids is 1. The molecule has 0 aliphatic heterocycles. The Bertz CT molecular complexity index is 1470. The zero-order valence-corrected chi connectivity index (χ0v) is 22.4. The predicted molar refractivity (Wildman–Crippen MR) is 147 cm³/mol. The zero-order chi connectivity index (χ0) is 25.9.